The molecule has 86 heavy (non-hydrogen) atoms. The van der Waals surface area contributed by atoms with Crippen molar-refractivity contribution < 1.29 is 8.85 Å². The molecule has 4 nitrogen and oxygen atoms in total. The lowest BCUT2D eigenvalue weighted by molar-refractivity contribution is 0.247. The molecule has 10 aromatic carbocycles. The molecule has 2 aromatic heterocycles. The van der Waals surface area contributed by atoms with Gasteiger partial charge in [-0.1, -0.05) is 321 Å². The summed E-state index contributed by atoms with van der Waals surface area (Å²) in [6, 6.07) is 108. The monoisotopic (exact) mass is 1190 g/mol. The van der Waals surface area contributed by atoms with E-state index in [1.807, 2.05) is 0 Å². The van der Waals surface area contributed by atoms with E-state index in [0.29, 0.717) is 13.2 Å². The third kappa shape index (κ3) is 10.8. The van der Waals surface area contributed by atoms with E-state index in [1.54, 1.807) is 0 Å². The second kappa shape index (κ2) is 25.1. The van der Waals surface area contributed by atoms with Gasteiger partial charge in [0.1, 0.15) is 0 Å². The molecule has 8 heteroatoms. The highest BCUT2D eigenvalue weighted by Crippen LogP contribution is 2.49. The quantitative estimate of drug-likeness (QED) is 0.0596. The second-order valence-corrected chi connectivity index (χ2v) is 37.7. The third-order valence-corrected chi connectivity index (χ3v) is 32.4. The van der Waals surface area contributed by atoms with Gasteiger partial charge in [0.15, 0.2) is 0 Å². The van der Waals surface area contributed by atoms with Crippen LogP contribution in [-0.4, -0.2) is 39.0 Å². The van der Waals surface area contributed by atoms with Gasteiger partial charge in [-0.05, 0) is 93.9 Å². The summed E-state index contributed by atoms with van der Waals surface area (Å²) in [4.78, 5) is 0. The smallest absolute Gasteiger partial charge is 0.261 e. The molecular weight excluding hydrogens is 1110 g/mol. The van der Waals surface area contributed by atoms with Crippen LogP contribution in [0.25, 0.3) is 33.2 Å². The molecule has 0 amide bonds. The van der Waals surface area contributed by atoms with Crippen LogP contribution in [0.1, 0.15) is 67.5 Å². The van der Waals surface area contributed by atoms with E-state index in [1.165, 1.54) is 85.8 Å². The van der Waals surface area contributed by atoms with Crippen LogP contribution in [-0.2, 0) is 8.85 Å². The van der Waals surface area contributed by atoms with Crippen molar-refractivity contribution in [3.63, 3.8) is 0 Å². The standard InChI is InChI=1S/C78H78N2O2P2Si2/c1-59(57-81-85(77(3,4)5,65-45-25-13-26-46-65)66-47-27-14-28-48-66)79-71-55-35-33-53-69(71)75(83(61-37-17-9-18-38-61)62-39-19-10-20-40-62)73(79)74-76(84(63-41-21-11-22-42-63)64-43-23-12-24-44-64)70-54-34-36-56-72(70)80(74)60(2)58-82-86(78(6,7)8,67-49-29-15-30-50-67)68-51-31-16-32-52-68/h9-56,59-60H,57-58H2,1-8H3/t59-,60-/m1/s1. The van der Waals surface area contributed by atoms with Crippen LogP contribution in [0.5, 0.6) is 0 Å². The van der Waals surface area contributed by atoms with Gasteiger partial charge in [0, 0.05) is 32.4 Å². The first-order valence-corrected chi connectivity index (χ1v) is 36.9. The number of benzene rings is 10. The molecule has 0 aliphatic heterocycles. The highest BCUT2D eigenvalue weighted by Gasteiger charge is 2.52. The fourth-order valence-corrected chi connectivity index (χ4v) is 28.1. The molecular formula is C78H78N2O2P2Si2. The number of rotatable bonds is 19. The van der Waals surface area contributed by atoms with Crippen LogP contribution < -0.4 is 52.6 Å². The summed E-state index contributed by atoms with van der Waals surface area (Å²) in [6.07, 6.45) is 0. The SMILES string of the molecule is C[C@H](CO[Si](c1ccccc1)(c1ccccc1)C(C)(C)C)n1c(-c2c(P(c3ccccc3)c3ccccc3)c3ccccc3n2[C@H](C)CO[Si](c2ccccc2)(c2ccccc2)C(C)(C)C)c(P(c2ccccc2)c2ccccc2)c2ccccc21. The topological polar surface area (TPSA) is 28.3 Å². The maximum Gasteiger partial charge on any atom is 0.261 e. The van der Waals surface area contributed by atoms with Gasteiger partial charge >= 0.3 is 0 Å². The average molecular weight is 1190 g/mol. The number of hydrogen-bond donors (Lipinski definition) is 0. The van der Waals surface area contributed by atoms with E-state index in [0.717, 1.165) is 0 Å². The number of aromatic nitrogens is 2. The maximum absolute atomic E-state index is 8.11. The Bertz CT molecular complexity index is 3740. The van der Waals surface area contributed by atoms with Crippen molar-refractivity contribution in [3.8, 4) is 11.4 Å². The fraction of sp³-hybridized carbons (Fsp3) is 0.179. The lowest BCUT2D eigenvalue weighted by atomic mass is 10.2. The molecule has 0 unspecified atom stereocenters. The second-order valence-electron chi connectivity index (χ2n) is 24.8. The zero-order chi connectivity index (χ0) is 59.5. The summed E-state index contributed by atoms with van der Waals surface area (Å²) in [5, 5.41) is 15.0. The molecule has 0 aliphatic carbocycles. The Hall–Kier alpha value is -7.51. The predicted octanol–water partition coefficient (Wildman–Crippen LogP) is 15.1. The summed E-state index contributed by atoms with van der Waals surface area (Å²) in [6.45, 7) is 20.1. The van der Waals surface area contributed by atoms with Crippen LogP contribution in [0.4, 0.5) is 0 Å². The molecule has 0 spiro atoms. The zero-order valence-corrected chi connectivity index (χ0v) is 54.7. The van der Waals surface area contributed by atoms with Crippen molar-refractivity contribution in [2.24, 2.45) is 0 Å². The number of hydrogen-bond acceptors (Lipinski definition) is 2. The van der Waals surface area contributed by atoms with Crippen LogP contribution in [0.3, 0.4) is 0 Å². The molecule has 0 aliphatic rings. The van der Waals surface area contributed by atoms with Crippen molar-refractivity contribution >= 4 is 107 Å². The first kappa shape index (κ1) is 58.9. The summed E-state index contributed by atoms with van der Waals surface area (Å²) in [5.41, 5.74) is 4.84. The molecule has 12 rings (SSSR count). The average Bonchev–Trinajstić information content (AvgIpc) is 2.11. The van der Waals surface area contributed by atoms with Crippen molar-refractivity contribution in [2.45, 2.75) is 77.6 Å². The van der Waals surface area contributed by atoms with Crippen molar-refractivity contribution in [2.75, 3.05) is 13.2 Å². The third-order valence-electron chi connectivity index (χ3n) is 17.3. The van der Waals surface area contributed by atoms with Gasteiger partial charge in [-0.15, -0.1) is 0 Å². The highest BCUT2D eigenvalue weighted by molar-refractivity contribution is 7.81. The van der Waals surface area contributed by atoms with Crippen molar-refractivity contribution in [1.29, 1.82) is 0 Å². The lowest BCUT2D eigenvalue weighted by Gasteiger charge is -2.44. The van der Waals surface area contributed by atoms with E-state index in [-0.39, 0.29) is 22.2 Å². The van der Waals surface area contributed by atoms with Crippen LogP contribution >= 0.6 is 15.8 Å². The van der Waals surface area contributed by atoms with E-state index >= 15 is 0 Å². The Morgan fingerprint density at radius 3 is 0.779 bits per heavy atom. The molecule has 430 valence electrons. The molecule has 0 saturated carbocycles. The normalized spacial score (nSPS) is 13.2. The van der Waals surface area contributed by atoms with Crippen LogP contribution in [0.15, 0.2) is 291 Å². The molecule has 0 radical (unpaired) electrons. The Morgan fingerprint density at radius 2 is 0.535 bits per heavy atom. The minimum atomic E-state index is -3.03. The largest absolute Gasteiger partial charge is 0.405 e. The van der Waals surface area contributed by atoms with Crippen LogP contribution in [0, 0.1) is 0 Å². The fourth-order valence-electron chi connectivity index (χ4n) is 13.6. The lowest BCUT2D eigenvalue weighted by Crippen LogP contribution is -2.66. The molecule has 0 fully saturated rings. The number of para-hydroxylation sites is 2. The van der Waals surface area contributed by atoms with Gasteiger partial charge in [-0.2, -0.15) is 0 Å². The van der Waals surface area contributed by atoms with Crippen molar-refractivity contribution in [3.05, 3.63) is 291 Å². The summed E-state index contributed by atoms with van der Waals surface area (Å²) in [7, 11) is -8.46. The summed E-state index contributed by atoms with van der Waals surface area (Å²) in [5.74, 6) is 0. The van der Waals surface area contributed by atoms with Crippen LogP contribution in [0.2, 0.25) is 10.1 Å². The Balaban J connectivity index is 1.20. The van der Waals surface area contributed by atoms with E-state index < -0.39 is 32.5 Å². The van der Waals surface area contributed by atoms with Gasteiger partial charge in [-0.3, -0.25) is 0 Å². The van der Waals surface area contributed by atoms with E-state index in [9.17, 15) is 0 Å². The Morgan fingerprint density at radius 1 is 0.314 bits per heavy atom. The molecule has 0 bridgehead atoms. The summed E-state index contributed by atoms with van der Waals surface area (Å²) >= 11 is 0. The van der Waals surface area contributed by atoms with E-state index in [4.69, 9.17) is 8.85 Å². The van der Waals surface area contributed by atoms with Gasteiger partial charge in [-0.25, -0.2) is 0 Å². The molecule has 2 heterocycles. The highest BCUT2D eigenvalue weighted by atomic mass is 31.1. The van der Waals surface area contributed by atoms with Gasteiger partial charge in [0.25, 0.3) is 16.6 Å². The van der Waals surface area contributed by atoms with Gasteiger partial charge < -0.3 is 18.0 Å². The summed E-state index contributed by atoms with van der Waals surface area (Å²) < 4.78 is 21.7. The Labute approximate surface area is 514 Å². The minimum absolute atomic E-state index is 0.156. The predicted molar refractivity (Wildman–Crippen MR) is 377 cm³/mol. The minimum Gasteiger partial charge on any atom is -0.405 e. The Kier molecular flexibility index (Phi) is 17.2. The maximum atomic E-state index is 8.11. The molecule has 0 N–H and O–H groups in total. The first-order chi connectivity index (χ1) is 41.8. The van der Waals surface area contributed by atoms with Gasteiger partial charge in [0.2, 0.25) is 0 Å². The number of nitrogens with zero attached hydrogens (tertiary/aromatic N) is 2. The molecule has 12 aromatic rings. The zero-order valence-electron chi connectivity index (χ0n) is 50.9. The number of fused-ring (bicyclic) bond motifs is 2. The van der Waals surface area contributed by atoms with Gasteiger partial charge in [0.05, 0.1) is 36.7 Å². The van der Waals surface area contributed by atoms with E-state index in [2.05, 4.69) is 356 Å². The van der Waals surface area contributed by atoms with Crippen molar-refractivity contribution in [1.82, 2.24) is 9.13 Å². The molecule has 0 saturated heterocycles. The first-order valence-electron chi connectivity index (χ1n) is 30.4. The molecule has 2 atom stereocenters.